The van der Waals surface area contributed by atoms with Crippen molar-refractivity contribution in [3.63, 3.8) is 0 Å². The van der Waals surface area contributed by atoms with E-state index in [-0.39, 0.29) is 30.5 Å². The van der Waals surface area contributed by atoms with Crippen molar-refractivity contribution in [2.75, 3.05) is 31.6 Å². The Bertz CT molecular complexity index is 620. The second-order valence-corrected chi connectivity index (χ2v) is 5.43. The first-order valence-electron chi connectivity index (χ1n) is 7.84. The van der Waals surface area contributed by atoms with Gasteiger partial charge < -0.3 is 25.4 Å². The largest absolute Gasteiger partial charge is 0.482 e. The standard InChI is InChI=1S/C16H22ClN3O5/c1-3-20(4-2)14(21)10-25-13-6-5-11(9-12(13)17)19-16(24)18-8-7-15(22)23/h5-6,9H,3-4,7-8,10H2,1-2H3,(H,22,23)(H2,18,19,24). The van der Waals surface area contributed by atoms with E-state index >= 15 is 0 Å². The molecule has 0 aliphatic rings. The minimum Gasteiger partial charge on any atom is -0.482 e. The van der Waals surface area contributed by atoms with Crippen LogP contribution in [0.2, 0.25) is 5.02 Å². The molecule has 0 aliphatic carbocycles. The third-order valence-electron chi connectivity index (χ3n) is 3.28. The van der Waals surface area contributed by atoms with E-state index in [0.29, 0.717) is 24.5 Å². The number of hydrogen-bond acceptors (Lipinski definition) is 4. The van der Waals surface area contributed by atoms with Gasteiger partial charge in [0, 0.05) is 25.3 Å². The monoisotopic (exact) mass is 371 g/mol. The van der Waals surface area contributed by atoms with E-state index in [1.807, 2.05) is 13.8 Å². The molecule has 1 aromatic rings. The molecule has 0 aliphatic heterocycles. The smallest absolute Gasteiger partial charge is 0.319 e. The number of nitrogens with one attached hydrogen (secondary N) is 2. The molecule has 25 heavy (non-hydrogen) atoms. The number of carboxylic acid groups (broad SMARTS) is 1. The van der Waals surface area contributed by atoms with Crippen LogP contribution in [0.5, 0.6) is 5.75 Å². The molecule has 9 heteroatoms. The van der Waals surface area contributed by atoms with E-state index in [1.165, 1.54) is 6.07 Å². The highest BCUT2D eigenvalue weighted by atomic mass is 35.5. The van der Waals surface area contributed by atoms with Crippen LogP contribution in [0.1, 0.15) is 20.3 Å². The minimum absolute atomic E-state index is 0.0174. The average Bonchev–Trinajstić information content (AvgIpc) is 2.54. The van der Waals surface area contributed by atoms with Gasteiger partial charge in [0.05, 0.1) is 11.4 Å². The predicted molar refractivity (Wildman–Crippen MR) is 94.1 cm³/mol. The van der Waals surface area contributed by atoms with Crippen molar-refractivity contribution in [3.05, 3.63) is 23.2 Å². The number of carbonyl (C=O) groups is 3. The van der Waals surface area contributed by atoms with Gasteiger partial charge in [-0.15, -0.1) is 0 Å². The molecule has 8 nitrogen and oxygen atoms in total. The van der Waals surface area contributed by atoms with Crippen LogP contribution in [-0.4, -0.2) is 54.2 Å². The first kappa shape index (κ1) is 20.6. The molecular formula is C16H22ClN3O5. The Kier molecular flexibility index (Phi) is 8.55. The number of likely N-dealkylation sites (N-methyl/N-ethyl adjacent to an activating group) is 1. The van der Waals surface area contributed by atoms with Crippen molar-refractivity contribution in [2.45, 2.75) is 20.3 Å². The number of carboxylic acids is 1. The van der Waals surface area contributed by atoms with Gasteiger partial charge in [-0.25, -0.2) is 4.79 Å². The first-order valence-corrected chi connectivity index (χ1v) is 8.21. The minimum atomic E-state index is -0.996. The van der Waals surface area contributed by atoms with Crippen LogP contribution < -0.4 is 15.4 Å². The summed E-state index contributed by atoms with van der Waals surface area (Å²) in [5.41, 5.74) is 0.417. The highest BCUT2D eigenvalue weighted by Gasteiger charge is 2.12. The van der Waals surface area contributed by atoms with Crippen LogP contribution in [0.25, 0.3) is 0 Å². The molecule has 0 fully saturated rings. The Morgan fingerprint density at radius 1 is 1.24 bits per heavy atom. The lowest BCUT2D eigenvalue weighted by Crippen LogP contribution is -2.34. The van der Waals surface area contributed by atoms with Gasteiger partial charge in [-0.3, -0.25) is 9.59 Å². The summed E-state index contributed by atoms with van der Waals surface area (Å²) in [6, 6.07) is 4.06. The molecule has 0 radical (unpaired) electrons. The lowest BCUT2D eigenvalue weighted by atomic mass is 10.3. The molecule has 3 N–H and O–H groups in total. The second-order valence-electron chi connectivity index (χ2n) is 5.02. The molecule has 0 aromatic heterocycles. The van der Waals surface area contributed by atoms with Gasteiger partial charge >= 0.3 is 12.0 Å². The van der Waals surface area contributed by atoms with Gasteiger partial charge in [0.2, 0.25) is 0 Å². The molecule has 0 unspecified atom stereocenters. The fourth-order valence-electron chi connectivity index (χ4n) is 1.96. The fourth-order valence-corrected chi connectivity index (χ4v) is 2.20. The summed E-state index contributed by atoms with van der Waals surface area (Å²) in [5.74, 6) is -0.802. The zero-order chi connectivity index (χ0) is 18.8. The zero-order valence-electron chi connectivity index (χ0n) is 14.2. The number of urea groups is 1. The topological polar surface area (TPSA) is 108 Å². The van der Waals surface area contributed by atoms with Crippen LogP contribution >= 0.6 is 11.6 Å². The number of ether oxygens (including phenoxy) is 1. The van der Waals surface area contributed by atoms with Crippen molar-refractivity contribution >= 4 is 35.2 Å². The Morgan fingerprint density at radius 2 is 1.92 bits per heavy atom. The number of carbonyl (C=O) groups excluding carboxylic acids is 2. The lowest BCUT2D eigenvalue weighted by Gasteiger charge is -2.19. The summed E-state index contributed by atoms with van der Waals surface area (Å²) in [6.45, 7) is 4.87. The molecule has 3 amide bonds. The highest BCUT2D eigenvalue weighted by molar-refractivity contribution is 6.32. The van der Waals surface area contributed by atoms with Gasteiger partial charge in [0.25, 0.3) is 5.91 Å². The van der Waals surface area contributed by atoms with Crippen molar-refractivity contribution in [2.24, 2.45) is 0 Å². The van der Waals surface area contributed by atoms with E-state index in [9.17, 15) is 14.4 Å². The van der Waals surface area contributed by atoms with E-state index in [0.717, 1.165) is 0 Å². The second kappa shape index (κ2) is 10.4. The van der Waals surface area contributed by atoms with Crippen LogP contribution in [0.4, 0.5) is 10.5 Å². The molecule has 138 valence electrons. The number of halogens is 1. The summed E-state index contributed by atoms with van der Waals surface area (Å²) in [7, 11) is 0. The lowest BCUT2D eigenvalue weighted by molar-refractivity contribution is -0.137. The van der Waals surface area contributed by atoms with Gasteiger partial charge in [-0.2, -0.15) is 0 Å². The molecule has 0 atom stereocenters. The Hall–Kier alpha value is -2.48. The Balaban J connectivity index is 2.55. The summed E-state index contributed by atoms with van der Waals surface area (Å²) >= 11 is 6.09. The normalized spacial score (nSPS) is 10.0. The number of benzene rings is 1. The van der Waals surface area contributed by atoms with E-state index in [1.54, 1.807) is 17.0 Å². The van der Waals surface area contributed by atoms with Gasteiger partial charge in [-0.1, -0.05) is 11.6 Å². The third kappa shape index (κ3) is 7.30. The third-order valence-corrected chi connectivity index (χ3v) is 3.58. The molecule has 0 heterocycles. The highest BCUT2D eigenvalue weighted by Crippen LogP contribution is 2.27. The van der Waals surface area contributed by atoms with Gasteiger partial charge in [0.1, 0.15) is 5.75 Å². The van der Waals surface area contributed by atoms with Crippen LogP contribution in [-0.2, 0) is 9.59 Å². The Morgan fingerprint density at radius 3 is 2.48 bits per heavy atom. The first-order chi connectivity index (χ1) is 11.9. The Labute approximate surface area is 151 Å². The van der Waals surface area contributed by atoms with Gasteiger partial charge in [-0.05, 0) is 32.0 Å². The van der Waals surface area contributed by atoms with Crippen molar-refractivity contribution in [1.82, 2.24) is 10.2 Å². The maximum Gasteiger partial charge on any atom is 0.319 e. The van der Waals surface area contributed by atoms with Gasteiger partial charge in [0.15, 0.2) is 6.61 Å². The van der Waals surface area contributed by atoms with Crippen LogP contribution in [0.3, 0.4) is 0 Å². The number of anilines is 1. The predicted octanol–water partition coefficient (Wildman–Crippen LogP) is 2.18. The maximum absolute atomic E-state index is 11.9. The van der Waals surface area contributed by atoms with E-state index < -0.39 is 12.0 Å². The zero-order valence-corrected chi connectivity index (χ0v) is 14.9. The number of amides is 3. The maximum atomic E-state index is 11.9. The average molecular weight is 372 g/mol. The molecular weight excluding hydrogens is 350 g/mol. The number of aliphatic carboxylic acids is 1. The molecule has 0 bridgehead atoms. The summed E-state index contributed by atoms with van der Waals surface area (Å²) in [5, 5.41) is 13.7. The van der Waals surface area contributed by atoms with Crippen molar-refractivity contribution < 1.29 is 24.2 Å². The number of nitrogens with zero attached hydrogens (tertiary/aromatic N) is 1. The molecule has 0 saturated heterocycles. The number of rotatable bonds is 9. The van der Waals surface area contributed by atoms with E-state index in [2.05, 4.69) is 10.6 Å². The van der Waals surface area contributed by atoms with E-state index in [4.69, 9.17) is 21.4 Å². The van der Waals surface area contributed by atoms with Crippen molar-refractivity contribution in [1.29, 1.82) is 0 Å². The summed E-state index contributed by atoms with van der Waals surface area (Å²) in [6.07, 6.45) is -0.165. The molecule has 1 rings (SSSR count). The molecule has 1 aromatic carbocycles. The van der Waals surface area contributed by atoms with Crippen molar-refractivity contribution in [3.8, 4) is 5.75 Å². The molecule has 0 spiro atoms. The fraction of sp³-hybridized carbons (Fsp3) is 0.438. The summed E-state index contributed by atoms with van der Waals surface area (Å²) < 4.78 is 5.42. The number of hydrogen-bond donors (Lipinski definition) is 3. The van der Waals surface area contributed by atoms with Crippen LogP contribution in [0, 0.1) is 0 Å². The quantitative estimate of drug-likeness (QED) is 0.616. The SMILES string of the molecule is CCN(CC)C(=O)COc1ccc(NC(=O)NCCC(=O)O)cc1Cl. The van der Waals surface area contributed by atoms with Crippen LogP contribution in [0.15, 0.2) is 18.2 Å². The summed E-state index contributed by atoms with van der Waals surface area (Å²) in [4.78, 5) is 35.5. The molecule has 0 saturated carbocycles.